The van der Waals surface area contributed by atoms with Crippen molar-refractivity contribution < 1.29 is 46.5 Å². The number of amides is 1. The van der Waals surface area contributed by atoms with Crippen molar-refractivity contribution in [1.29, 1.82) is 0 Å². The summed E-state index contributed by atoms with van der Waals surface area (Å²) in [5, 5.41) is 11.7. The third kappa shape index (κ3) is 7.95. The summed E-state index contributed by atoms with van der Waals surface area (Å²) in [6.07, 6.45) is -3.69. The molecule has 0 aliphatic carbocycles. The normalized spacial score (nSPS) is 12.0. The molecule has 0 aliphatic rings. The second-order valence-electron chi connectivity index (χ2n) is 9.05. The lowest BCUT2D eigenvalue weighted by molar-refractivity contribution is -0.139. The molecule has 1 heterocycles. The Kier molecular flexibility index (Phi) is 11.2. The van der Waals surface area contributed by atoms with Crippen molar-refractivity contribution in [3.8, 4) is 28.5 Å². The average molecular weight is 594 g/mol. The molecule has 1 amide bonds. The molecule has 3 rings (SSSR count). The summed E-state index contributed by atoms with van der Waals surface area (Å²) >= 11 is 0. The first-order chi connectivity index (χ1) is 20.0. The maximum Gasteiger partial charge on any atom is 0.419 e. The van der Waals surface area contributed by atoms with Crippen molar-refractivity contribution in [3.63, 3.8) is 0 Å². The number of carbonyl (C=O) groups excluding carboxylic acids is 2. The fraction of sp³-hybridized carbons (Fsp3) is 0.345. The van der Waals surface area contributed by atoms with E-state index in [4.69, 9.17) is 25.1 Å². The van der Waals surface area contributed by atoms with Gasteiger partial charge in [-0.15, -0.1) is 0 Å². The van der Waals surface area contributed by atoms with Gasteiger partial charge in [0.1, 0.15) is 29.6 Å². The molecule has 13 heteroatoms. The number of alkyl halides is 3. The highest BCUT2D eigenvalue weighted by atomic mass is 19.4. The maximum absolute atomic E-state index is 13.9. The minimum Gasteiger partial charge on any atom is -0.494 e. The predicted molar refractivity (Wildman–Crippen MR) is 145 cm³/mol. The quantitative estimate of drug-likeness (QED) is 0.142. The smallest absolute Gasteiger partial charge is 0.419 e. The van der Waals surface area contributed by atoms with Crippen LogP contribution < -0.4 is 25.3 Å². The molecular formula is C29H31F4N3O6. The fourth-order valence-corrected chi connectivity index (χ4v) is 4.11. The SMILES string of the molecule is COc1cc(C(=O)NC(CCCCN)C(=O)c2ccc(OC)c(-c3ccc(F)c(C(F)(F)F)c3)n2)ccc1OCCO. The second-order valence-corrected chi connectivity index (χ2v) is 9.05. The van der Waals surface area contributed by atoms with E-state index >= 15 is 0 Å². The Morgan fingerprint density at radius 1 is 1.00 bits per heavy atom. The first-order valence-electron chi connectivity index (χ1n) is 12.9. The van der Waals surface area contributed by atoms with Gasteiger partial charge in [-0.3, -0.25) is 9.59 Å². The molecule has 42 heavy (non-hydrogen) atoms. The van der Waals surface area contributed by atoms with Gasteiger partial charge < -0.3 is 30.4 Å². The molecule has 9 nitrogen and oxygen atoms in total. The van der Waals surface area contributed by atoms with Crippen LogP contribution in [0, 0.1) is 5.82 Å². The van der Waals surface area contributed by atoms with Gasteiger partial charge in [-0.25, -0.2) is 9.37 Å². The first-order valence-corrected chi connectivity index (χ1v) is 12.9. The van der Waals surface area contributed by atoms with Crippen molar-refractivity contribution in [2.45, 2.75) is 31.5 Å². The monoisotopic (exact) mass is 593 g/mol. The van der Waals surface area contributed by atoms with Crippen LogP contribution in [-0.2, 0) is 6.18 Å². The number of aliphatic hydroxyl groups excluding tert-OH is 1. The Morgan fingerprint density at radius 2 is 1.71 bits per heavy atom. The van der Waals surface area contributed by atoms with Crippen LogP contribution in [0.3, 0.4) is 0 Å². The molecule has 4 N–H and O–H groups in total. The molecule has 0 spiro atoms. The lowest BCUT2D eigenvalue weighted by Gasteiger charge is -2.19. The van der Waals surface area contributed by atoms with Crippen LogP contribution in [0.2, 0.25) is 0 Å². The number of nitrogens with zero attached hydrogens (tertiary/aromatic N) is 1. The Bertz CT molecular complexity index is 1400. The number of pyridine rings is 1. The third-order valence-corrected chi connectivity index (χ3v) is 6.22. The van der Waals surface area contributed by atoms with Gasteiger partial charge in [0, 0.05) is 11.1 Å². The molecule has 2 aromatic carbocycles. The number of aromatic nitrogens is 1. The highest BCUT2D eigenvalue weighted by Gasteiger charge is 2.35. The van der Waals surface area contributed by atoms with E-state index in [1.165, 1.54) is 44.6 Å². The zero-order valence-corrected chi connectivity index (χ0v) is 23.0. The van der Waals surface area contributed by atoms with E-state index in [9.17, 15) is 27.2 Å². The van der Waals surface area contributed by atoms with E-state index in [-0.39, 0.29) is 53.6 Å². The van der Waals surface area contributed by atoms with Crippen LogP contribution in [0.15, 0.2) is 48.5 Å². The van der Waals surface area contributed by atoms with Crippen LogP contribution >= 0.6 is 0 Å². The number of hydrogen-bond acceptors (Lipinski definition) is 8. The van der Waals surface area contributed by atoms with E-state index in [2.05, 4.69) is 10.3 Å². The Hall–Kier alpha value is -4.23. The number of ketones is 1. The van der Waals surface area contributed by atoms with Crippen molar-refractivity contribution in [2.75, 3.05) is 34.0 Å². The maximum atomic E-state index is 13.9. The van der Waals surface area contributed by atoms with E-state index in [1.54, 1.807) is 0 Å². The molecule has 0 fully saturated rings. The lowest BCUT2D eigenvalue weighted by atomic mass is 10.0. The topological polar surface area (TPSA) is 133 Å². The molecule has 0 radical (unpaired) electrons. The van der Waals surface area contributed by atoms with Crippen LogP contribution in [0.1, 0.15) is 45.7 Å². The van der Waals surface area contributed by atoms with Crippen LogP contribution in [0.4, 0.5) is 17.6 Å². The number of carbonyl (C=O) groups is 2. The number of nitrogens with two attached hydrogens (primary N) is 1. The number of nitrogens with one attached hydrogen (secondary N) is 1. The Morgan fingerprint density at radius 3 is 2.36 bits per heavy atom. The highest BCUT2D eigenvalue weighted by molar-refractivity contribution is 6.03. The molecule has 226 valence electrons. The summed E-state index contributed by atoms with van der Waals surface area (Å²) in [7, 11) is 2.66. The standard InChI is InChI=1S/C29H31F4N3O6/c1-40-24-11-9-22(35-26(24)17-6-8-20(30)19(15-17)29(31,32)33)27(38)21(5-3-4-12-34)36-28(39)18-7-10-23(42-14-13-37)25(16-18)41-2/h6-11,15-16,21,37H,3-5,12-14,34H2,1-2H3,(H,36,39). The minimum absolute atomic E-state index is 0.0198. The van der Waals surface area contributed by atoms with Gasteiger partial charge in [-0.05, 0) is 74.3 Å². The molecule has 3 aromatic rings. The molecule has 0 saturated heterocycles. The lowest BCUT2D eigenvalue weighted by Crippen LogP contribution is -2.41. The van der Waals surface area contributed by atoms with E-state index < -0.39 is 35.3 Å². The zero-order valence-electron chi connectivity index (χ0n) is 23.0. The number of Topliss-reactive ketones (excluding diaryl/α,β-unsaturated/α-hetero) is 1. The molecule has 0 saturated carbocycles. The van der Waals surface area contributed by atoms with Crippen molar-refractivity contribution in [3.05, 3.63) is 71.2 Å². The summed E-state index contributed by atoms with van der Waals surface area (Å²) in [6, 6.07) is 8.36. The molecular weight excluding hydrogens is 562 g/mol. The van der Waals surface area contributed by atoms with Crippen molar-refractivity contribution in [1.82, 2.24) is 10.3 Å². The summed E-state index contributed by atoms with van der Waals surface area (Å²) in [5.41, 5.74) is 3.90. The van der Waals surface area contributed by atoms with E-state index in [0.29, 0.717) is 37.3 Å². The molecule has 0 aliphatic heterocycles. The highest BCUT2D eigenvalue weighted by Crippen LogP contribution is 2.36. The second kappa shape index (κ2) is 14.6. The van der Waals surface area contributed by atoms with Gasteiger partial charge in [0.25, 0.3) is 5.91 Å². The summed E-state index contributed by atoms with van der Waals surface area (Å²) in [4.78, 5) is 31.0. The fourth-order valence-electron chi connectivity index (χ4n) is 4.11. The van der Waals surface area contributed by atoms with E-state index in [0.717, 1.165) is 6.07 Å². The largest absolute Gasteiger partial charge is 0.494 e. The summed E-state index contributed by atoms with van der Waals surface area (Å²) in [6.45, 7) is 0.161. The first kappa shape index (κ1) is 32.3. The number of rotatable bonds is 14. The molecule has 1 atom stereocenters. The number of methoxy groups -OCH3 is 2. The van der Waals surface area contributed by atoms with E-state index in [1.807, 2.05) is 0 Å². The number of aliphatic hydroxyl groups is 1. The van der Waals surface area contributed by atoms with Crippen LogP contribution in [-0.4, -0.2) is 61.8 Å². The number of unbranched alkanes of at least 4 members (excludes halogenated alkanes) is 1. The van der Waals surface area contributed by atoms with Gasteiger partial charge in [-0.2, -0.15) is 13.2 Å². The summed E-state index contributed by atoms with van der Waals surface area (Å²) < 4.78 is 69.9. The number of halogens is 4. The summed E-state index contributed by atoms with van der Waals surface area (Å²) in [5.74, 6) is -2.05. The predicted octanol–water partition coefficient (Wildman–Crippen LogP) is 4.41. The number of benzene rings is 2. The van der Waals surface area contributed by atoms with Gasteiger partial charge in [0.05, 0.1) is 32.4 Å². The minimum atomic E-state index is -4.95. The van der Waals surface area contributed by atoms with Crippen molar-refractivity contribution >= 4 is 11.7 Å². The van der Waals surface area contributed by atoms with Gasteiger partial charge in [0.2, 0.25) is 5.78 Å². The van der Waals surface area contributed by atoms with Gasteiger partial charge in [0.15, 0.2) is 11.5 Å². The Labute approximate surface area is 239 Å². The van der Waals surface area contributed by atoms with Crippen LogP contribution in [0.25, 0.3) is 11.3 Å². The molecule has 1 unspecified atom stereocenters. The zero-order chi connectivity index (χ0) is 30.9. The molecule has 0 bridgehead atoms. The molecule has 1 aromatic heterocycles. The van der Waals surface area contributed by atoms with Gasteiger partial charge in [-0.1, -0.05) is 0 Å². The average Bonchev–Trinajstić information content (AvgIpc) is 2.98. The van der Waals surface area contributed by atoms with Crippen LogP contribution in [0.5, 0.6) is 17.2 Å². The Balaban J connectivity index is 1.95. The number of hydrogen-bond donors (Lipinski definition) is 3. The van der Waals surface area contributed by atoms with Crippen molar-refractivity contribution in [2.24, 2.45) is 5.73 Å². The third-order valence-electron chi connectivity index (χ3n) is 6.22. The van der Waals surface area contributed by atoms with Gasteiger partial charge >= 0.3 is 6.18 Å². The number of ether oxygens (including phenoxy) is 3.